The molecule has 6 nitrogen and oxygen atoms in total. The van der Waals surface area contributed by atoms with Gasteiger partial charge in [-0.3, -0.25) is 9.48 Å². The van der Waals surface area contributed by atoms with Crippen LogP contribution in [-0.4, -0.2) is 29.9 Å². The standard InChI is InChI=1S/C19H19N3O3/c1-22-17(13-7-5-4-6-8-13)12-16(21-22)19(23)20-15-10-9-14(24-2)11-18(15)25-3/h4-12H,1-3H3,(H,20,23). The van der Waals surface area contributed by atoms with Crippen molar-refractivity contribution in [3.63, 3.8) is 0 Å². The summed E-state index contributed by atoms with van der Waals surface area (Å²) in [7, 11) is 4.93. The van der Waals surface area contributed by atoms with Crippen LogP contribution in [0.5, 0.6) is 11.5 Å². The summed E-state index contributed by atoms with van der Waals surface area (Å²) in [5, 5.41) is 7.14. The molecule has 1 N–H and O–H groups in total. The number of nitrogens with one attached hydrogen (secondary N) is 1. The van der Waals surface area contributed by atoms with Crippen LogP contribution in [0.1, 0.15) is 10.5 Å². The highest BCUT2D eigenvalue weighted by Crippen LogP contribution is 2.29. The van der Waals surface area contributed by atoms with Gasteiger partial charge in [0.05, 0.1) is 25.6 Å². The predicted octanol–water partition coefficient (Wildman–Crippen LogP) is 3.36. The molecule has 0 bridgehead atoms. The summed E-state index contributed by atoms with van der Waals surface area (Å²) in [6.07, 6.45) is 0. The largest absolute Gasteiger partial charge is 0.497 e. The van der Waals surface area contributed by atoms with E-state index in [2.05, 4.69) is 10.4 Å². The van der Waals surface area contributed by atoms with Gasteiger partial charge in [-0.15, -0.1) is 0 Å². The molecular formula is C19H19N3O3. The Bertz CT molecular complexity index is 888. The van der Waals surface area contributed by atoms with Crippen LogP contribution in [0.25, 0.3) is 11.3 Å². The topological polar surface area (TPSA) is 65.4 Å². The first kappa shape index (κ1) is 16.6. The summed E-state index contributed by atoms with van der Waals surface area (Å²) in [4.78, 5) is 12.6. The highest BCUT2D eigenvalue weighted by Gasteiger charge is 2.16. The van der Waals surface area contributed by atoms with Crippen LogP contribution in [0, 0.1) is 0 Å². The van der Waals surface area contributed by atoms with Crippen molar-refractivity contribution in [2.24, 2.45) is 7.05 Å². The fraction of sp³-hybridized carbons (Fsp3) is 0.158. The van der Waals surface area contributed by atoms with Crippen molar-refractivity contribution in [1.82, 2.24) is 9.78 Å². The minimum Gasteiger partial charge on any atom is -0.497 e. The SMILES string of the molecule is COc1ccc(NC(=O)c2cc(-c3ccccc3)n(C)n2)c(OC)c1. The average Bonchev–Trinajstić information content (AvgIpc) is 3.04. The van der Waals surface area contributed by atoms with Crippen molar-refractivity contribution in [1.29, 1.82) is 0 Å². The molecule has 0 fully saturated rings. The Morgan fingerprint density at radius 3 is 2.48 bits per heavy atom. The first-order valence-electron chi connectivity index (χ1n) is 7.75. The van der Waals surface area contributed by atoms with Gasteiger partial charge in [0.25, 0.3) is 5.91 Å². The van der Waals surface area contributed by atoms with Crippen LogP contribution in [0.3, 0.4) is 0 Å². The van der Waals surface area contributed by atoms with E-state index >= 15 is 0 Å². The summed E-state index contributed by atoms with van der Waals surface area (Å²) in [5.74, 6) is 0.868. The molecule has 0 aliphatic rings. The van der Waals surface area contributed by atoms with Gasteiger partial charge in [-0.05, 0) is 23.8 Å². The molecule has 0 unspecified atom stereocenters. The molecule has 0 radical (unpaired) electrons. The van der Waals surface area contributed by atoms with Crippen LogP contribution >= 0.6 is 0 Å². The maximum Gasteiger partial charge on any atom is 0.276 e. The average molecular weight is 337 g/mol. The first-order chi connectivity index (χ1) is 12.1. The molecule has 25 heavy (non-hydrogen) atoms. The van der Waals surface area contributed by atoms with Gasteiger partial charge < -0.3 is 14.8 Å². The quantitative estimate of drug-likeness (QED) is 0.775. The number of rotatable bonds is 5. The number of nitrogens with zero attached hydrogens (tertiary/aromatic N) is 2. The number of aromatic nitrogens is 2. The van der Waals surface area contributed by atoms with E-state index in [1.807, 2.05) is 37.4 Å². The Labute approximate surface area is 146 Å². The maximum absolute atomic E-state index is 12.6. The molecule has 0 spiro atoms. The van der Waals surface area contributed by atoms with Crippen molar-refractivity contribution in [3.8, 4) is 22.8 Å². The Balaban J connectivity index is 1.85. The van der Waals surface area contributed by atoms with Gasteiger partial charge in [-0.25, -0.2) is 0 Å². The molecule has 128 valence electrons. The van der Waals surface area contributed by atoms with E-state index in [4.69, 9.17) is 9.47 Å². The second-order valence-electron chi connectivity index (χ2n) is 5.42. The number of aryl methyl sites for hydroxylation is 1. The maximum atomic E-state index is 12.6. The van der Waals surface area contributed by atoms with Crippen LogP contribution in [0.4, 0.5) is 5.69 Å². The number of amides is 1. The molecule has 0 aliphatic heterocycles. The van der Waals surface area contributed by atoms with E-state index in [-0.39, 0.29) is 5.91 Å². The van der Waals surface area contributed by atoms with Crippen LogP contribution in [-0.2, 0) is 7.05 Å². The van der Waals surface area contributed by atoms with E-state index in [1.165, 1.54) is 0 Å². The van der Waals surface area contributed by atoms with E-state index in [9.17, 15) is 4.79 Å². The zero-order chi connectivity index (χ0) is 17.8. The highest BCUT2D eigenvalue weighted by atomic mass is 16.5. The summed E-state index contributed by atoms with van der Waals surface area (Å²) in [6.45, 7) is 0. The molecule has 6 heteroatoms. The number of anilines is 1. The molecule has 1 heterocycles. The molecule has 0 aliphatic carbocycles. The number of carbonyl (C=O) groups excluding carboxylic acids is 1. The summed E-state index contributed by atoms with van der Waals surface area (Å²) >= 11 is 0. The van der Waals surface area contributed by atoms with E-state index in [0.717, 1.165) is 11.3 Å². The van der Waals surface area contributed by atoms with Gasteiger partial charge in [-0.2, -0.15) is 5.10 Å². The summed E-state index contributed by atoms with van der Waals surface area (Å²) in [6, 6.07) is 16.8. The highest BCUT2D eigenvalue weighted by molar-refractivity contribution is 6.04. The zero-order valence-corrected chi connectivity index (χ0v) is 14.3. The molecule has 3 rings (SSSR count). The number of methoxy groups -OCH3 is 2. The first-order valence-corrected chi connectivity index (χ1v) is 7.75. The Kier molecular flexibility index (Phi) is 4.70. The smallest absolute Gasteiger partial charge is 0.276 e. The number of ether oxygens (including phenoxy) is 2. The lowest BCUT2D eigenvalue weighted by atomic mass is 10.1. The lowest BCUT2D eigenvalue weighted by Crippen LogP contribution is -2.13. The molecule has 2 aromatic carbocycles. The predicted molar refractivity (Wildman–Crippen MR) is 96.1 cm³/mol. The van der Waals surface area contributed by atoms with Crippen molar-refractivity contribution in [3.05, 3.63) is 60.3 Å². The molecular weight excluding hydrogens is 318 g/mol. The molecule has 0 saturated carbocycles. The van der Waals surface area contributed by atoms with Crippen LogP contribution in [0.15, 0.2) is 54.6 Å². The minimum absolute atomic E-state index is 0.304. The van der Waals surface area contributed by atoms with Crippen molar-refractivity contribution < 1.29 is 14.3 Å². The summed E-state index contributed by atoms with van der Waals surface area (Å²) < 4.78 is 12.2. The lowest BCUT2D eigenvalue weighted by molar-refractivity contribution is 0.102. The third-order valence-corrected chi connectivity index (χ3v) is 3.84. The molecule has 1 amide bonds. The fourth-order valence-electron chi connectivity index (χ4n) is 2.55. The second-order valence-corrected chi connectivity index (χ2v) is 5.42. The van der Waals surface area contributed by atoms with E-state index < -0.39 is 0 Å². The van der Waals surface area contributed by atoms with E-state index in [0.29, 0.717) is 22.9 Å². The number of hydrogen-bond acceptors (Lipinski definition) is 4. The van der Waals surface area contributed by atoms with Gasteiger partial charge in [0, 0.05) is 13.1 Å². The molecule has 3 aromatic rings. The fourth-order valence-corrected chi connectivity index (χ4v) is 2.55. The third-order valence-electron chi connectivity index (χ3n) is 3.84. The monoisotopic (exact) mass is 337 g/mol. The lowest BCUT2D eigenvalue weighted by Gasteiger charge is -2.10. The second kappa shape index (κ2) is 7.09. The molecule has 0 saturated heterocycles. The van der Waals surface area contributed by atoms with Gasteiger partial charge >= 0.3 is 0 Å². The Morgan fingerprint density at radius 2 is 1.80 bits per heavy atom. The Morgan fingerprint density at radius 1 is 1.04 bits per heavy atom. The van der Waals surface area contributed by atoms with Crippen molar-refractivity contribution in [2.75, 3.05) is 19.5 Å². The van der Waals surface area contributed by atoms with Crippen LogP contribution in [0.2, 0.25) is 0 Å². The number of carbonyl (C=O) groups is 1. The number of benzene rings is 2. The normalized spacial score (nSPS) is 10.4. The molecule has 0 atom stereocenters. The minimum atomic E-state index is -0.304. The van der Waals surface area contributed by atoms with Gasteiger partial charge in [0.1, 0.15) is 11.5 Å². The zero-order valence-electron chi connectivity index (χ0n) is 14.3. The Hall–Kier alpha value is -3.28. The van der Waals surface area contributed by atoms with Crippen LogP contribution < -0.4 is 14.8 Å². The van der Waals surface area contributed by atoms with Crippen molar-refractivity contribution in [2.45, 2.75) is 0 Å². The summed E-state index contributed by atoms with van der Waals surface area (Å²) in [5.41, 5.74) is 2.76. The molecule has 1 aromatic heterocycles. The van der Waals surface area contributed by atoms with E-state index in [1.54, 1.807) is 43.2 Å². The van der Waals surface area contributed by atoms with Crippen molar-refractivity contribution >= 4 is 11.6 Å². The number of hydrogen-bond donors (Lipinski definition) is 1. The van der Waals surface area contributed by atoms with Gasteiger partial charge in [-0.1, -0.05) is 30.3 Å². The third kappa shape index (κ3) is 3.47. The van der Waals surface area contributed by atoms with Gasteiger partial charge in [0.15, 0.2) is 5.69 Å². The van der Waals surface area contributed by atoms with Gasteiger partial charge in [0.2, 0.25) is 0 Å².